The Bertz CT molecular complexity index is 1010. The Hall–Kier alpha value is -4.00. The van der Waals surface area contributed by atoms with Crippen LogP contribution in [0.2, 0.25) is 0 Å². The second kappa shape index (κ2) is 11.3. The number of ether oxygens (including phenoxy) is 2. The third-order valence-electron chi connectivity index (χ3n) is 4.29. The van der Waals surface area contributed by atoms with Gasteiger partial charge in [-0.3, -0.25) is 9.59 Å². The minimum absolute atomic E-state index is 0.0627. The summed E-state index contributed by atoms with van der Waals surface area (Å²) in [5.74, 6) is 1.04. The number of hydrogen-bond donors (Lipinski definition) is 3. The lowest BCUT2D eigenvalue weighted by Crippen LogP contribution is -2.22. The number of rotatable bonds is 10. The summed E-state index contributed by atoms with van der Waals surface area (Å²) in [6.07, 6.45) is 0. The number of carbonyl (C=O) groups excluding carboxylic acids is 2. The predicted octanol–water partition coefficient (Wildman–Crippen LogP) is 3.55. The van der Waals surface area contributed by atoms with E-state index >= 15 is 0 Å². The van der Waals surface area contributed by atoms with Gasteiger partial charge in [0.25, 0.3) is 5.91 Å². The minimum Gasteiger partial charge on any atom is -0.490 e. The van der Waals surface area contributed by atoms with Gasteiger partial charge in [-0.05, 0) is 42.5 Å². The topological polar surface area (TPSA) is 88.7 Å². The summed E-state index contributed by atoms with van der Waals surface area (Å²) in [7, 11) is 1.57. The molecule has 0 unspecified atom stereocenters. The first kappa shape index (κ1) is 21.7. The molecule has 0 aliphatic heterocycles. The minimum atomic E-state index is -0.213. The molecule has 0 atom stereocenters. The lowest BCUT2D eigenvalue weighted by molar-refractivity contribution is -0.114. The first-order chi connectivity index (χ1) is 15.1. The van der Waals surface area contributed by atoms with E-state index in [0.29, 0.717) is 35.9 Å². The molecule has 0 spiro atoms. The number of hydrogen-bond acceptors (Lipinski definition) is 5. The third-order valence-corrected chi connectivity index (χ3v) is 4.29. The SMILES string of the molecule is CNC(=O)c1cccc(NCC(=O)Nc2cccc(OCCOc3ccccc3)c2)c1. The van der Waals surface area contributed by atoms with Crippen molar-refractivity contribution >= 4 is 23.2 Å². The van der Waals surface area contributed by atoms with Crippen molar-refractivity contribution in [2.24, 2.45) is 0 Å². The Kier molecular flexibility index (Phi) is 7.88. The van der Waals surface area contributed by atoms with Gasteiger partial charge in [-0.2, -0.15) is 0 Å². The molecular weight excluding hydrogens is 394 g/mol. The first-order valence-electron chi connectivity index (χ1n) is 9.90. The molecule has 0 radical (unpaired) electrons. The highest BCUT2D eigenvalue weighted by molar-refractivity contribution is 5.96. The van der Waals surface area contributed by atoms with E-state index in [1.165, 1.54) is 0 Å². The highest BCUT2D eigenvalue weighted by Crippen LogP contribution is 2.18. The number of anilines is 2. The summed E-state index contributed by atoms with van der Waals surface area (Å²) >= 11 is 0. The summed E-state index contributed by atoms with van der Waals surface area (Å²) in [5, 5.41) is 8.41. The van der Waals surface area contributed by atoms with Gasteiger partial charge in [0.2, 0.25) is 5.91 Å². The normalized spacial score (nSPS) is 10.1. The maximum atomic E-state index is 12.3. The van der Waals surface area contributed by atoms with E-state index in [1.807, 2.05) is 42.5 Å². The predicted molar refractivity (Wildman–Crippen MR) is 121 cm³/mol. The van der Waals surface area contributed by atoms with E-state index in [-0.39, 0.29) is 18.4 Å². The Balaban J connectivity index is 1.44. The molecule has 31 heavy (non-hydrogen) atoms. The summed E-state index contributed by atoms with van der Waals surface area (Å²) in [4.78, 5) is 24.0. The van der Waals surface area contributed by atoms with Crippen LogP contribution in [-0.2, 0) is 4.79 Å². The van der Waals surface area contributed by atoms with Crippen molar-refractivity contribution in [3.63, 3.8) is 0 Å². The number of para-hydroxylation sites is 1. The molecule has 0 aromatic heterocycles. The highest BCUT2D eigenvalue weighted by atomic mass is 16.5. The van der Waals surface area contributed by atoms with Crippen molar-refractivity contribution in [3.8, 4) is 11.5 Å². The summed E-state index contributed by atoms with van der Waals surface area (Å²) < 4.78 is 11.3. The average Bonchev–Trinajstić information content (AvgIpc) is 2.81. The van der Waals surface area contributed by atoms with Crippen LogP contribution in [0.15, 0.2) is 78.9 Å². The molecule has 7 heteroatoms. The molecule has 0 saturated carbocycles. The summed E-state index contributed by atoms with van der Waals surface area (Å²) in [5.41, 5.74) is 1.84. The van der Waals surface area contributed by atoms with Crippen molar-refractivity contribution < 1.29 is 19.1 Å². The molecule has 0 saturated heterocycles. The van der Waals surface area contributed by atoms with E-state index < -0.39 is 0 Å². The van der Waals surface area contributed by atoms with Crippen LogP contribution < -0.4 is 25.4 Å². The van der Waals surface area contributed by atoms with Gasteiger partial charge in [-0.25, -0.2) is 0 Å². The quantitative estimate of drug-likeness (QED) is 0.438. The fraction of sp³-hybridized carbons (Fsp3) is 0.167. The largest absolute Gasteiger partial charge is 0.490 e. The van der Waals surface area contributed by atoms with Crippen LogP contribution in [0.4, 0.5) is 11.4 Å². The molecule has 2 amide bonds. The van der Waals surface area contributed by atoms with E-state index in [9.17, 15) is 9.59 Å². The van der Waals surface area contributed by atoms with E-state index in [1.54, 1.807) is 43.4 Å². The van der Waals surface area contributed by atoms with Crippen molar-refractivity contribution in [3.05, 3.63) is 84.4 Å². The van der Waals surface area contributed by atoms with Crippen LogP contribution in [0.25, 0.3) is 0 Å². The molecule has 0 aliphatic rings. The van der Waals surface area contributed by atoms with E-state index in [0.717, 1.165) is 5.75 Å². The Morgan fingerprint density at radius 1 is 0.774 bits per heavy atom. The zero-order valence-electron chi connectivity index (χ0n) is 17.3. The Labute approximate surface area is 181 Å². The standard InChI is InChI=1S/C24H25N3O4/c1-25-24(29)18-7-5-8-19(15-18)26-17-23(28)27-20-9-6-12-22(16-20)31-14-13-30-21-10-3-2-4-11-21/h2-12,15-16,26H,13-14,17H2,1H3,(H,25,29)(H,27,28). The van der Waals surface area contributed by atoms with E-state index in [4.69, 9.17) is 9.47 Å². The second-order valence-corrected chi connectivity index (χ2v) is 6.60. The van der Waals surface area contributed by atoms with Gasteiger partial charge in [-0.1, -0.05) is 30.3 Å². The first-order valence-corrected chi connectivity index (χ1v) is 9.90. The van der Waals surface area contributed by atoms with Crippen LogP contribution in [0.3, 0.4) is 0 Å². The van der Waals surface area contributed by atoms with Crippen LogP contribution in [0.5, 0.6) is 11.5 Å². The number of carbonyl (C=O) groups is 2. The monoisotopic (exact) mass is 419 g/mol. The number of benzene rings is 3. The molecule has 3 aromatic rings. The zero-order chi connectivity index (χ0) is 21.9. The smallest absolute Gasteiger partial charge is 0.251 e. The number of nitrogens with one attached hydrogen (secondary N) is 3. The summed E-state index contributed by atoms with van der Waals surface area (Å²) in [6.45, 7) is 0.863. The van der Waals surface area contributed by atoms with Crippen LogP contribution in [0.1, 0.15) is 10.4 Å². The van der Waals surface area contributed by atoms with Crippen LogP contribution in [0, 0.1) is 0 Å². The van der Waals surface area contributed by atoms with Gasteiger partial charge in [0.15, 0.2) is 0 Å². The lowest BCUT2D eigenvalue weighted by Gasteiger charge is -2.11. The van der Waals surface area contributed by atoms with Gasteiger partial charge >= 0.3 is 0 Å². The molecule has 3 N–H and O–H groups in total. The number of amides is 2. The van der Waals surface area contributed by atoms with Gasteiger partial charge in [0, 0.05) is 30.1 Å². The maximum absolute atomic E-state index is 12.3. The molecular formula is C24H25N3O4. The van der Waals surface area contributed by atoms with Gasteiger partial charge < -0.3 is 25.4 Å². The molecule has 0 fully saturated rings. The lowest BCUT2D eigenvalue weighted by atomic mass is 10.2. The summed E-state index contributed by atoms with van der Waals surface area (Å²) in [6, 6.07) is 23.7. The van der Waals surface area contributed by atoms with Gasteiger partial charge in [-0.15, -0.1) is 0 Å². The fourth-order valence-electron chi connectivity index (χ4n) is 2.80. The van der Waals surface area contributed by atoms with Gasteiger partial charge in [0.05, 0.1) is 6.54 Å². The Morgan fingerprint density at radius 2 is 1.45 bits per heavy atom. The molecule has 0 heterocycles. The molecule has 0 aliphatic carbocycles. The van der Waals surface area contributed by atoms with E-state index in [2.05, 4.69) is 16.0 Å². The Morgan fingerprint density at radius 3 is 2.23 bits per heavy atom. The zero-order valence-corrected chi connectivity index (χ0v) is 17.3. The molecule has 0 bridgehead atoms. The van der Waals surface area contributed by atoms with Crippen molar-refractivity contribution in [2.75, 3.05) is 37.4 Å². The molecule has 3 aromatic carbocycles. The average molecular weight is 419 g/mol. The van der Waals surface area contributed by atoms with Crippen LogP contribution >= 0.6 is 0 Å². The van der Waals surface area contributed by atoms with Crippen molar-refractivity contribution in [1.29, 1.82) is 0 Å². The van der Waals surface area contributed by atoms with Gasteiger partial charge in [0.1, 0.15) is 24.7 Å². The van der Waals surface area contributed by atoms with Crippen molar-refractivity contribution in [1.82, 2.24) is 5.32 Å². The second-order valence-electron chi connectivity index (χ2n) is 6.60. The molecule has 7 nitrogen and oxygen atoms in total. The third kappa shape index (κ3) is 7.08. The maximum Gasteiger partial charge on any atom is 0.251 e. The highest BCUT2D eigenvalue weighted by Gasteiger charge is 2.06. The van der Waals surface area contributed by atoms with Crippen molar-refractivity contribution in [2.45, 2.75) is 0 Å². The fourth-order valence-corrected chi connectivity index (χ4v) is 2.80. The van der Waals surface area contributed by atoms with Crippen LogP contribution in [-0.4, -0.2) is 38.6 Å². The molecule has 3 rings (SSSR count). The molecule has 160 valence electrons.